The Labute approximate surface area is 140 Å². The Balaban J connectivity index is 2.03. The lowest BCUT2D eigenvalue weighted by atomic mass is 9.95. The number of carbonyl (C=O) groups is 1. The van der Waals surface area contributed by atoms with Gasteiger partial charge in [-0.25, -0.2) is 0 Å². The van der Waals surface area contributed by atoms with Crippen molar-refractivity contribution in [3.05, 3.63) is 86.7 Å². The second kappa shape index (κ2) is 6.66. The first-order valence-corrected chi connectivity index (χ1v) is 7.89. The number of aryl methyl sites for hydroxylation is 3. The van der Waals surface area contributed by atoms with Gasteiger partial charge in [0.1, 0.15) is 0 Å². The van der Waals surface area contributed by atoms with Crippen LogP contribution in [0.15, 0.2) is 48.8 Å². The number of nitro groups is 1. The van der Waals surface area contributed by atoms with Crippen molar-refractivity contribution in [3.63, 3.8) is 0 Å². The maximum atomic E-state index is 13.0. The highest BCUT2D eigenvalue weighted by atomic mass is 16.6. The number of carbonyl (C=O) groups excluding carboxylic acids is 1. The molecule has 1 aliphatic rings. The molecule has 0 aliphatic heterocycles. The zero-order chi connectivity index (χ0) is 17.1. The predicted molar refractivity (Wildman–Crippen MR) is 92.8 cm³/mol. The highest BCUT2D eigenvalue weighted by Gasteiger charge is 2.20. The van der Waals surface area contributed by atoms with E-state index < -0.39 is 4.92 Å². The van der Waals surface area contributed by atoms with Gasteiger partial charge in [0.25, 0.3) is 0 Å². The molecule has 3 rings (SSSR count). The molecule has 0 spiro atoms. The van der Waals surface area contributed by atoms with Crippen molar-refractivity contribution in [1.82, 2.24) is 0 Å². The summed E-state index contributed by atoms with van der Waals surface area (Å²) in [6.45, 7) is 1.90. The van der Waals surface area contributed by atoms with Crippen LogP contribution in [-0.4, -0.2) is 10.7 Å². The molecule has 0 atom stereocenters. The van der Waals surface area contributed by atoms with Crippen LogP contribution in [0.1, 0.15) is 39.0 Å². The first kappa shape index (κ1) is 15.9. The van der Waals surface area contributed by atoms with Crippen molar-refractivity contribution in [2.24, 2.45) is 0 Å². The third kappa shape index (κ3) is 3.20. The summed E-state index contributed by atoms with van der Waals surface area (Å²) in [4.78, 5) is 22.9. The molecule has 24 heavy (non-hydrogen) atoms. The minimum absolute atomic E-state index is 0.0696. The quantitative estimate of drug-likeness (QED) is 0.515. The van der Waals surface area contributed by atoms with Crippen LogP contribution in [0, 0.1) is 17.0 Å². The van der Waals surface area contributed by atoms with Gasteiger partial charge in [-0.3, -0.25) is 14.9 Å². The molecule has 0 heterocycles. The van der Waals surface area contributed by atoms with Gasteiger partial charge in [0, 0.05) is 16.8 Å². The summed E-state index contributed by atoms with van der Waals surface area (Å²) in [5.74, 6) is -0.0696. The van der Waals surface area contributed by atoms with E-state index in [9.17, 15) is 14.9 Å². The second-order valence-electron chi connectivity index (χ2n) is 5.91. The smallest absolute Gasteiger partial charge is 0.250 e. The average molecular weight is 322 g/mol. The molecule has 5 nitrogen and oxygen atoms in total. The van der Waals surface area contributed by atoms with Gasteiger partial charge in [0.15, 0.2) is 5.78 Å². The largest absolute Gasteiger partial charge is 0.356 e. The van der Waals surface area contributed by atoms with E-state index in [4.69, 9.17) is 0 Å². The van der Waals surface area contributed by atoms with Crippen molar-refractivity contribution >= 4 is 11.5 Å². The number of anilines is 1. The number of benzene rings is 2. The zero-order valence-corrected chi connectivity index (χ0v) is 13.4. The predicted octanol–water partition coefficient (Wildman–Crippen LogP) is 3.87. The number of hydrogen-bond acceptors (Lipinski definition) is 4. The number of nitrogens with zero attached hydrogens (tertiary/aromatic N) is 1. The van der Waals surface area contributed by atoms with E-state index in [-0.39, 0.29) is 5.78 Å². The fourth-order valence-corrected chi connectivity index (χ4v) is 3.09. The molecule has 0 amide bonds. The Bertz CT molecular complexity index is 841. The molecule has 0 fully saturated rings. The molecular formula is C19H18N2O3. The van der Waals surface area contributed by atoms with E-state index >= 15 is 0 Å². The second-order valence-corrected chi connectivity index (χ2v) is 5.91. The molecular weight excluding hydrogens is 304 g/mol. The lowest BCUT2D eigenvalue weighted by molar-refractivity contribution is -0.402. The number of rotatable bonds is 5. The van der Waals surface area contributed by atoms with Crippen molar-refractivity contribution in [2.75, 3.05) is 5.32 Å². The van der Waals surface area contributed by atoms with E-state index in [1.165, 1.54) is 17.3 Å². The Morgan fingerprint density at radius 2 is 1.88 bits per heavy atom. The Hall–Kier alpha value is -2.95. The Morgan fingerprint density at radius 1 is 1.17 bits per heavy atom. The first-order valence-electron chi connectivity index (χ1n) is 7.89. The van der Waals surface area contributed by atoms with Gasteiger partial charge in [0.2, 0.25) is 6.20 Å². The van der Waals surface area contributed by atoms with Crippen LogP contribution in [0.25, 0.3) is 0 Å². The molecule has 1 N–H and O–H groups in total. The summed E-state index contributed by atoms with van der Waals surface area (Å²) >= 11 is 0. The summed E-state index contributed by atoms with van der Waals surface area (Å²) in [5, 5.41) is 13.4. The van der Waals surface area contributed by atoms with Crippen LogP contribution in [-0.2, 0) is 12.8 Å². The third-order valence-electron chi connectivity index (χ3n) is 4.30. The maximum Gasteiger partial charge on any atom is 0.250 e. The summed E-state index contributed by atoms with van der Waals surface area (Å²) in [6.07, 6.45) is 5.10. The monoisotopic (exact) mass is 322 g/mol. The van der Waals surface area contributed by atoms with Crippen molar-refractivity contribution in [1.29, 1.82) is 0 Å². The van der Waals surface area contributed by atoms with E-state index in [1.807, 2.05) is 43.3 Å². The number of nitrogens with one attached hydrogen (secondary N) is 1. The molecule has 2 aromatic rings. The minimum atomic E-state index is -0.538. The summed E-state index contributed by atoms with van der Waals surface area (Å²) in [7, 11) is 0. The van der Waals surface area contributed by atoms with Gasteiger partial charge >= 0.3 is 0 Å². The zero-order valence-electron chi connectivity index (χ0n) is 13.4. The van der Waals surface area contributed by atoms with Gasteiger partial charge in [-0.2, -0.15) is 0 Å². The fourth-order valence-electron chi connectivity index (χ4n) is 3.09. The van der Waals surface area contributed by atoms with Crippen molar-refractivity contribution in [3.8, 4) is 0 Å². The van der Waals surface area contributed by atoms with E-state index in [1.54, 1.807) is 0 Å². The molecule has 5 heteroatoms. The Kier molecular flexibility index (Phi) is 4.42. The SMILES string of the molecule is Cc1ccccc1C(=O)c1cc2c(cc1N/C=C/[N+](=O)[O-])CCC2. The number of hydrogen-bond donors (Lipinski definition) is 1. The first-order chi connectivity index (χ1) is 11.6. The summed E-state index contributed by atoms with van der Waals surface area (Å²) in [5.41, 5.74) is 5.12. The van der Waals surface area contributed by atoms with Gasteiger partial charge in [0.05, 0.1) is 11.1 Å². The highest BCUT2D eigenvalue weighted by Crippen LogP contribution is 2.30. The molecule has 122 valence electrons. The van der Waals surface area contributed by atoms with Crippen LogP contribution in [0.2, 0.25) is 0 Å². The molecule has 0 saturated carbocycles. The molecule has 0 aromatic heterocycles. The molecule has 1 aliphatic carbocycles. The topological polar surface area (TPSA) is 72.2 Å². The van der Waals surface area contributed by atoms with Gasteiger partial charge in [-0.05, 0) is 55.0 Å². The standard InChI is InChI=1S/C19H18N2O3/c1-13-5-2-3-8-16(13)19(22)17-11-14-6-4-7-15(14)12-18(17)20-9-10-21(23)24/h2-3,5,8-12,20H,4,6-7H2,1H3/b10-9+. The normalized spacial score (nSPS) is 13.0. The lowest BCUT2D eigenvalue weighted by Crippen LogP contribution is -2.08. The van der Waals surface area contributed by atoms with Crippen molar-refractivity contribution < 1.29 is 9.72 Å². The highest BCUT2D eigenvalue weighted by molar-refractivity contribution is 6.13. The van der Waals surface area contributed by atoms with Gasteiger partial charge in [-0.15, -0.1) is 0 Å². The molecule has 2 aromatic carbocycles. The van der Waals surface area contributed by atoms with E-state index in [0.29, 0.717) is 16.8 Å². The van der Waals surface area contributed by atoms with Gasteiger partial charge in [-0.1, -0.05) is 24.3 Å². The number of ketones is 1. The molecule has 0 bridgehead atoms. The fraction of sp³-hybridized carbons (Fsp3) is 0.211. The van der Waals surface area contributed by atoms with Crippen LogP contribution in [0.3, 0.4) is 0 Å². The minimum Gasteiger partial charge on any atom is -0.356 e. The van der Waals surface area contributed by atoms with Crippen LogP contribution in [0.4, 0.5) is 5.69 Å². The van der Waals surface area contributed by atoms with Crippen molar-refractivity contribution in [2.45, 2.75) is 26.2 Å². The number of fused-ring (bicyclic) bond motifs is 1. The van der Waals surface area contributed by atoms with Crippen LogP contribution >= 0.6 is 0 Å². The van der Waals surface area contributed by atoms with Crippen LogP contribution in [0.5, 0.6) is 0 Å². The molecule has 0 saturated heterocycles. The van der Waals surface area contributed by atoms with Crippen LogP contribution < -0.4 is 5.32 Å². The molecule has 0 unspecified atom stereocenters. The third-order valence-corrected chi connectivity index (χ3v) is 4.30. The van der Waals surface area contributed by atoms with E-state index in [0.717, 1.165) is 31.0 Å². The average Bonchev–Trinajstić information content (AvgIpc) is 3.01. The summed E-state index contributed by atoms with van der Waals surface area (Å²) < 4.78 is 0. The summed E-state index contributed by atoms with van der Waals surface area (Å²) in [6, 6.07) is 11.3. The Morgan fingerprint density at radius 3 is 2.58 bits per heavy atom. The maximum absolute atomic E-state index is 13.0. The van der Waals surface area contributed by atoms with Gasteiger partial charge < -0.3 is 5.32 Å². The van der Waals surface area contributed by atoms with E-state index in [2.05, 4.69) is 5.32 Å². The lowest BCUT2D eigenvalue weighted by Gasteiger charge is -2.13. The molecule has 0 radical (unpaired) electrons.